The van der Waals surface area contributed by atoms with E-state index in [2.05, 4.69) is 10.4 Å². The van der Waals surface area contributed by atoms with E-state index in [0.29, 0.717) is 11.3 Å². The Labute approximate surface area is 202 Å². The largest absolute Gasteiger partial charge is 0.448 e. The fourth-order valence-electron chi connectivity index (χ4n) is 3.84. The first-order valence-corrected chi connectivity index (χ1v) is 11.1. The van der Waals surface area contributed by atoms with Crippen molar-refractivity contribution in [2.24, 2.45) is 0 Å². The van der Waals surface area contributed by atoms with Crippen molar-refractivity contribution in [3.8, 4) is 0 Å². The summed E-state index contributed by atoms with van der Waals surface area (Å²) in [4.78, 5) is 50.9. The van der Waals surface area contributed by atoms with Gasteiger partial charge in [0.2, 0.25) is 0 Å². The van der Waals surface area contributed by atoms with E-state index in [1.165, 1.54) is 29.2 Å². The summed E-state index contributed by atoms with van der Waals surface area (Å²) < 4.78 is 11.5. The predicted octanol–water partition coefficient (Wildman–Crippen LogP) is 4.08. The van der Waals surface area contributed by atoms with Crippen molar-refractivity contribution in [1.82, 2.24) is 14.7 Å². The minimum absolute atomic E-state index is 0.000419. The van der Waals surface area contributed by atoms with Crippen LogP contribution in [-0.4, -0.2) is 56.5 Å². The van der Waals surface area contributed by atoms with E-state index in [-0.39, 0.29) is 31.1 Å². The number of anilines is 1. The molecule has 1 aliphatic rings. The van der Waals surface area contributed by atoms with Gasteiger partial charge in [0.15, 0.2) is 0 Å². The van der Waals surface area contributed by atoms with Crippen LogP contribution in [0.15, 0.2) is 24.3 Å². The van der Waals surface area contributed by atoms with Gasteiger partial charge in [0, 0.05) is 23.6 Å². The van der Waals surface area contributed by atoms with Crippen LogP contribution in [0.4, 0.5) is 21.1 Å². The van der Waals surface area contributed by atoms with Crippen molar-refractivity contribution >= 4 is 29.6 Å². The van der Waals surface area contributed by atoms with E-state index in [1.54, 1.807) is 27.7 Å². The van der Waals surface area contributed by atoms with Gasteiger partial charge in [-0.15, -0.1) is 4.68 Å². The van der Waals surface area contributed by atoms with Crippen molar-refractivity contribution in [3.05, 3.63) is 51.2 Å². The first-order valence-electron chi connectivity index (χ1n) is 11.1. The van der Waals surface area contributed by atoms with Crippen LogP contribution >= 0.6 is 0 Å². The minimum Gasteiger partial charge on any atom is -0.448 e. The van der Waals surface area contributed by atoms with Gasteiger partial charge in [0.1, 0.15) is 17.0 Å². The molecule has 1 aliphatic heterocycles. The third-order valence-electron chi connectivity index (χ3n) is 5.23. The number of carbonyl (C=O) groups excluding carboxylic acids is 3. The molecule has 0 aliphatic carbocycles. The van der Waals surface area contributed by atoms with Gasteiger partial charge < -0.3 is 19.7 Å². The number of aromatic nitrogens is 2. The van der Waals surface area contributed by atoms with Crippen LogP contribution in [0.2, 0.25) is 0 Å². The van der Waals surface area contributed by atoms with Gasteiger partial charge in [-0.05, 0) is 33.8 Å². The van der Waals surface area contributed by atoms with Gasteiger partial charge in [-0.25, -0.2) is 9.59 Å². The number of benzene rings is 1. The molecule has 35 heavy (non-hydrogen) atoms. The minimum atomic E-state index is -0.834. The van der Waals surface area contributed by atoms with E-state index in [0.717, 1.165) is 4.68 Å². The quantitative estimate of drug-likeness (QED) is 0.501. The first kappa shape index (κ1) is 25.7. The van der Waals surface area contributed by atoms with Crippen LogP contribution in [-0.2, 0) is 21.4 Å². The molecule has 1 aromatic carbocycles. The molecule has 0 radical (unpaired) electrons. The number of fused-ring (bicyclic) bond motifs is 1. The van der Waals surface area contributed by atoms with Crippen molar-refractivity contribution in [2.75, 3.05) is 18.5 Å². The lowest BCUT2D eigenvalue weighted by molar-refractivity contribution is -0.385. The van der Waals surface area contributed by atoms with Gasteiger partial charge in [-0.3, -0.25) is 14.9 Å². The number of hydrogen-bond acceptors (Lipinski definition) is 8. The second kappa shape index (κ2) is 9.35. The molecule has 3 rings (SSSR count). The average Bonchev–Trinajstić information content (AvgIpc) is 3.11. The molecule has 12 nitrogen and oxygen atoms in total. The highest BCUT2D eigenvalue weighted by molar-refractivity contribution is 6.07. The molecule has 1 aromatic heterocycles. The lowest BCUT2D eigenvalue weighted by Gasteiger charge is -2.37. The molecule has 2 amide bonds. The normalized spacial score (nSPS) is 14.6. The van der Waals surface area contributed by atoms with Crippen molar-refractivity contribution in [3.63, 3.8) is 0 Å². The SMILES string of the molecule is CCOC(=O)n1nc2c(c1NC(=O)c1ccccc1[N+](=O)[O-])CN(C(=O)OC(C)(C)C)CC2(C)C. The molecular formula is C23H29N5O7. The molecule has 2 heterocycles. The number of nitro benzene ring substituents is 1. The molecule has 0 saturated heterocycles. The van der Waals surface area contributed by atoms with Crippen LogP contribution in [0.3, 0.4) is 0 Å². The number of carbonyl (C=O) groups is 3. The third-order valence-corrected chi connectivity index (χ3v) is 5.23. The Balaban J connectivity index is 2.09. The number of nitro groups is 1. The number of nitrogens with one attached hydrogen (secondary N) is 1. The Morgan fingerprint density at radius 2 is 1.86 bits per heavy atom. The van der Waals surface area contributed by atoms with Gasteiger partial charge in [-0.2, -0.15) is 5.10 Å². The second-order valence-corrected chi connectivity index (χ2v) is 9.74. The monoisotopic (exact) mass is 487 g/mol. The second-order valence-electron chi connectivity index (χ2n) is 9.74. The van der Waals surface area contributed by atoms with E-state index < -0.39 is 39.7 Å². The number of para-hydroxylation sites is 1. The molecule has 0 atom stereocenters. The molecule has 188 valence electrons. The molecule has 0 unspecified atom stereocenters. The predicted molar refractivity (Wildman–Crippen MR) is 125 cm³/mol. The zero-order chi connectivity index (χ0) is 26.1. The topological polar surface area (TPSA) is 146 Å². The third kappa shape index (κ3) is 5.42. The van der Waals surface area contributed by atoms with Crippen molar-refractivity contribution < 1.29 is 28.8 Å². The zero-order valence-corrected chi connectivity index (χ0v) is 20.6. The van der Waals surface area contributed by atoms with Crippen molar-refractivity contribution in [1.29, 1.82) is 0 Å². The summed E-state index contributed by atoms with van der Waals surface area (Å²) in [5, 5.41) is 18.4. The Kier molecular flexibility index (Phi) is 6.86. The van der Waals surface area contributed by atoms with Gasteiger partial charge in [0.25, 0.3) is 11.6 Å². The lowest BCUT2D eigenvalue weighted by Crippen LogP contribution is -2.47. The Hall–Kier alpha value is -3.96. The number of nitrogens with zero attached hydrogens (tertiary/aromatic N) is 4. The summed E-state index contributed by atoms with van der Waals surface area (Å²) in [7, 11) is 0. The highest BCUT2D eigenvalue weighted by Gasteiger charge is 2.41. The van der Waals surface area contributed by atoms with Gasteiger partial charge >= 0.3 is 12.2 Å². The smallest absolute Gasteiger partial charge is 0.436 e. The van der Waals surface area contributed by atoms with E-state index in [1.807, 2.05) is 13.8 Å². The fraction of sp³-hybridized carbons (Fsp3) is 0.478. The summed E-state index contributed by atoms with van der Waals surface area (Å²) in [5.41, 5.74) is -1.12. The van der Waals surface area contributed by atoms with E-state index in [9.17, 15) is 24.5 Å². The Morgan fingerprint density at radius 1 is 1.20 bits per heavy atom. The van der Waals surface area contributed by atoms with Crippen LogP contribution in [0.25, 0.3) is 0 Å². The number of rotatable bonds is 4. The fourth-order valence-corrected chi connectivity index (χ4v) is 3.84. The highest BCUT2D eigenvalue weighted by atomic mass is 16.6. The van der Waals surface area contributed by atoms with Gasteiger partial charge in [-0.1, -0.05) is 26.0 Å². The van der Waals surface area contributed by atoms with Crippen LogP contribution in [0.1, 0.15) is 63.2 Å². The first-order chi connectivity index (χ1) is 16.2. The molecule has 1 N–H and O–H groups in total. The zero-order valence-electron chi connectivity index (χ0n) is 20.6. The number of ether oxygens (including phenoxy) is 2. The maximum absolute atomic E-state index is 13.1. The number of hydrogen-bond donors (Lipinski definition) is 1. The van der Waals surface area contributed by atoms with E-state index in [4.69, 9.17) is 9.47 Å². The summed E-state index contributed by atoms with van der Waals surface area (Å²) in [6, 6.07) is 5.45. The summed E-state index contributed by atoms with van der Waals surface area (Å²) in [6.07, 6.45) is -1.39. The molecular weight excluding hydrogens is 458 g/mol. The molecule has 0 spiro atoms. The lowest BCUT2D eigenvalue weighted by atomic mass is 9.83. The Bertz CT molecular complexity index is 1180. The van der Waals surface area contributed by atoms with Crippen LogP contribution in [0.5, 0.6) is 0 Å². The number of amides is 2. The van der Waals surface area contributed by atoms with Crippen LogP contribution in [0, 0.1) is 10.1 Å². The maximum Gasteiger partial charge on any atom is 0.436 e. The summed E-state index contributed by atoms with van der Waals surface area (Å²) >= 11 is 0. The molecule has 0 saturated carbocycles. The van der Waals surface area contributed by atoms with Gasteiger partial charge in [0.05, 0.1) is 23.8 Å². The Morgan fingerprint density at radius 3 is 2.46 bits per heavy atom. The average molecular weight is 488 g/mol. The van der Waals surface area contributed by atoms with Crippen molar-refractivity contribution in [2.45, 2.75) is 59.1 Å². The highest BCUT2D eigenvalue weighted by Crippen LogP contribution is 2.37. The van der Waals surface area contributed by atoms with E-state index >= 15 is 0 Å². The molecule has 12 heteroatoms. The van der Waals surface area contributed by atoms with Crippen LogP contribution < -0.4 is 5.32 Å². The standard InChI is InChI=1S/C23H29N5O7/c1-7-34-21(31)27-18(24-19(29)14-10-8-9-11-16(14)28(32)33)15-12-26(20(30)35-22(2,3)4)13-23(5,6)17(15)25-27/h8-11H,7,12-13H2,1-6H3,(H,24,29). The summed E-state index contributed by atoms with van der Waals surface area (Å²) in [6.45, 7) is 10.9. The molecule has 0 bridgehead atoms. The maximum atomic E-state index is 13.1. The molecule has 0 fully saturated rings. The summed E-state index contributed by atoms with van der Waals surface area (Å²) in [5.74, 6) is -0.833. The molecule has 2 aromatic rings.